The standard InChI is InChI=1S/C23H25F3N2O4/c1-31-15-22(30)28-11-9-16-6-4-8-20(18(16)10-12-28)32-14-21(29)27-13-17-5-2-3-7-19(17)23(24,25)26/h2-8H,9-15H2,1H3,(H,27,29). The highest BCUT2D eigenvalue weighted by molar-refractivity contribution is 5.78. The van der Waals surface area contributed by atoms with E-state index in [-0.39, 0.29) is 31.2 Å². The molecule has 1 heterocycles. The second-order valence-electron chi connectivity index (χ2n) is 7.43. The third-order valence-corrected chi connectivity index (χ3v) is 5.29. The van der Waals surface area contributed by atoms with Crippen molar-refractivity contribution in [2.45, 2.75) is 25.6 Å². The average molecular weight is 450 g/mol. The molecule has 0 aromatic heterocycles. The summed E-state index contributed by atoms with van der Waals surface area (Å²) in [6, 6.07) is 10.6. The van der Waals surface area contributed by atoms with Gasteiger partial charge in [0.15, 0.2) is 6.61 Å². The number of methoxy groups -OCH3 is 1. The number of ether oxygens (including phenoxy) is 2. The Labute approximate surface area is 184 Å². The summed E-state index contributed by atoms with van der Waals surface area (Å²) in [6.07, 6.45) is -3.26. The molecule has 6 nitrogen and oxygen atoms in total. The van der Waals surface area contributed by atoms with E-state index in [1.165, 1.54) is 25.3 Å². The summed E-state index contributed by atoms with van der Waals surface area (Å²) in [5, 5.41) is 2.48. The minimum Gasteiger partial charge on any atom is -0.483 e. The van der Waals surface area contributed by atoms with Crippen LogP contribution in [0.25, 0.3) is 0 Å². The highest BCUT2D eigenvalue weighted by Crippen LogP contribution is 2.31. The molecule has 0 aliphatic carbocycles. The molecule has 9 heteroatoms. The summed E-state index contributed by atoms with van der Waals surface area (Å²) in [7, 11) is 1.48. The van der Waals surface area contributed by atoms with Crippen LogP contribution in [0.1, 0.15) is 22.3 Å². The van der Waals surface area contributed by atoms with Gasteiger partial charge in [0.05, 0.1) is 5.56 Å². The fraction of sp³-hybridized carbons (Fsp3) is 0.391. The zero-order valence-corrected chi connectivity index (χ0v) is 17.7. The Morgan fingerprint density at radius 3 is 2.53 bits per heavy atom. The lowest BCUT2D eigenvalue weighted by Crippen LogP contribution is -2.35. The van der Waals surface area contributed by atoms with E-state index in [1.54, 1.807) is 11.0 Å². The molecule has 2 amide bonds. The number of hydrogen-bond acceptors (Lipinski definition) is 4. The summed E-state index contributed by atoms with van der Waals surface area (Å²) >= 11 is 0. The summed E-state index contributed by atoms with van der Waals surface area (Å²) in [5.41, 5.74) is 1.18. The molecule has 2 aromatic rings. The number of hydrogen-bond donors (Lipinski definition) is 1. The van der Waals surface area contributed by atoms with Crippen molar-refractivity contribution in [1.82, 2.24) is 10.2 Å². The fourth-order valence-electron chi connectivity index (χ4n) is 3.68. The van der Waals surface area contributed by atoms with Crippen LogP contribution in [0.3, 0.4) is 0 Å². The Kier molecular flexibility index (Phi) is 7.74. The quantitative estimate of drug-likeness (QED) is 0.705. The van der Waals surface area contributed by atoms with E-state index < -0.39 is 17.6 Å². The second kappa shape index (κ2) is 10.5. The number of amides is 2. The van der Waals surface area contributed by atoms with Crippen molar-refractivity contribution in [2.24, 2.45) is 0 Å². The van der Waals surface area contributed by atoms with E-state index in [1.807, 2.05) is 12.1 Å². The van der Waals surface area contributed by atoms with Gasteiger partial charge >= 0.3 is 6.18 Å². The number of carbonyl (C=O) groups excluding carboxylic acids is 2. The van der Waals surface area contributed by atoms with E-state index in [9.17, 15) is 22.8 Å². The maximum absolute atomic E-state index is 13.1. The summed E-state index contributed by atoms with van der Waals surface area (Å²) in [4.78, 5) is 26.1. The highest BCUT2D eigenvalue weighted by atomic mass is 19.4. The van der Waals surface area contributed by atoms with Crippen LogP contribution in [0.4, 0.5) is 13.2 Å². The van der Waals surface area contributed by atoms with Gasteiger partial charge in [-0.3, -0.25) is 9.59 Å². The molecule has 0 atom stereocenters. The zero-order valence-electron chi connectivity index (χ0n) is 17.7. The normalized spacial score (nSPS) is 13.8. The van der Waals surface area contributed by atoms with Gasteiger partial charge in [0, 0.05) is 26.7 Å². The predicted octanol–water partition coefficient (Wildman–Crippen LogP) is 2.97. The monoisotopic (exact) mass is 450 g/mol. The molecule has 172 valence electrons. The molecule has 3 rings (SSSR count). The Bertz CT molecular complexity index is 962. The van der Waals surface area contributed by atoms with Gasteiger partial charge in [-0.05, 0) is 41.7 Å². The van der Waals surface area contributed by atoms with Crippen LogP contribution in [-0.4, -0.2) is 50.1 Å². The number of rotatable bonds is 7. The van der Waals surface area contributed by atoms with Gasteiger partial charge in [-0.15, -0.1) is 0 Å². The van der Waals surface area contributed by atoms with Crippen LogP contribution >= 0.6 is 0 Å². The minimum absolute atomic E-state index is 0.0113. The van der Waals surface area contributed by atoms with E-state index in [4.69, 9.17) is 9.47 Å². The number of nitrogens with zero attached hydrogens (tertiary/aromatic N) is 1. The molecular weight excluding hydrogens is 425 g/mol. The SMILES string of the molecule is COCC(=O)N1CCc2cccc(OCC(=O)NCc3ccccc3C(F)(F)F)c2CC1. The summed E-state index contributed by atoms with van der Waals surface area (Å²) in [5.74, 6) is -0.0687. The van der Waals surface area contributed by atoms with Crippen molar-refractivity contribution >= 4 is 11.8 Å². The highest BCUT2D eigenvalue weighted by Gasteiger charge is 2.32. The lowest BCUT2D eigenvalue weighted by molar-refractivity contribution is -0.138. The lowest BCUT2D eigenvalue weighted by Gasteiger charge is -2.19. The van der Waals surface area contributed by atoms with Crippen LogP contribution in [0, 0.1) is 0 Å². The predicted molar refractivity (Wildman–Crippen MR) is 111 cm³/mol. The van der Waals surface area contributed by atoms with Crippen molar-refractivity contribution in [3.8, 4) is 5.75 Å². The molecule has 32 heavy (non-hydrogen) atoms. The number of nitrogens with one attached hydrogen (secondary N) is 1. The zero-order chi connectivity index (χ0) is 23.1. The van der Waals surface area contributed by atoms with E-state index in [0.717, 1.165) is 17.2 Å². The average Bonchev–Trinajstić information content (AvgIpc) is 2.99. The van der Waals surface area contributed by atoms with Gasteiger partial charge in [0.25, 0.3) is 5.91 Å². The van der Waals surface area contributed by atoms with Crippen LogP contribution in [-0.2, 0) is 39.9 Å². The molecule has 0 saturated heterocycles. The van der Waals surface area contributed by atoms with Crippen molar-refractivity contribution in [1.29, 1.82) is 0 Å². The summed E-state index contributed by atoms with van der Waals surface area (Å²) in [6.45, 7) is 0.531. The van der Waals surface area contributed by atoms with Gasteiger partial charge in [-0.1, -0.05) is 30.3 Å². The first kappa shape index (κ1) is 23.6. The van der Waals surface area contributed by atoms with Gasteiger partial charge < -0.3 is 19.7 Å². The maximum Gasteiger partial charge on any atom is 0.416 e. The topological polar surface area (TPSA) is 67.9 Å². The maximum atomic E-state index is 13.1. The largest absolute Gasteiger partial charge is 0.483 e. The van der Waals surface area contributed by atoms with Gasteiger partial charge in [-0.25, -0.2) is 0 Å². The molecule has 0 unspecified atom stereocenters. The minimum atomic E-state index is -4.49. The second-order valence-corrected chi connectivity index (χ2v) is 7.43. The number of fused-ring (bicyclic) bond motifs is 1. The van der Waals surface area contributed by atoms with Gasteiger partial charge in [-0.2, -0.15) is 13.2 Å². The Hall–Kier alpha value is -3.07. The number of alkyl halides is 3. The first-order valence-electron chi connectivity index (χ1n) is 10.2. The number of halogens is 3. The molecule has 0 fully saturated rings. The Balaban J connectivity index is 1.59. The van der Waals surface area contributed by atoms with E-state index in [2.05, 4.69) is 5.32 Å². The molecule has 2 aromatic carbocycles. The van der Waals surface area contributed by atoms with Crippen LogP contribution in [0.15, 0.2) is 42.5 Å². The van der Waals surface area contributed by atoms with Crippen molar-refractivity contribution in [3.63, 3.8) is 0 Å². The first-order chi connectivity index (χ1) is 15.3. The Morgan fingerprint density at radius 2 is 1.78 bits per heavy atom. The van der Waals surface area contributed by atoms with E-state index in [0.29, 0.717) is 31.7 Å². The van der Waals surface area contributed by atoms with E-state index >= 15 is 0 Å². The lowest BCUT2D eigenvalue weighted by atomic mass is 10.0. The molecule has 0 saturated carbocycles. The van der Waals surface area contributed by atoms with Gasteiger partial charge in [0.1, 0.15) is 12.4 Å². The molecule has 0 radical (unpaired) electrons. The summed E-state index contributed by atoms with van der Waals surface area (Å²) < 4.78 is 49.9. The smallest absolute Gasteiger partial charge is 0.416 e. The van der Waals surface area contributed by atoms with Crippen LogP contribution in [0.2, 0.25) is 0 Å². The van der Waals surface area contributed by atoms with Crippen LogP contribution < -0.4 is 10.1 Å². The molecule has 1 aliphatic heterocycles. The van der Waals surface area contributed by atoms with Crippen LogP contribution in [0.5, 0.6) is 5.75 Å². The van der Waals surface area contributed by atoms with Crippen molar-refractivity contribution < 1.29 is 32.2 Å². The molecule has 1 aliphatic rings. The van der Waals surface area contributed by atoms with Gasteiger partial charge in [0.2, 0.25) is 5.91 Å². The third-order valence-electron chi connectivity index (χ3n) is 5.29. The number of carbonyl (C=O) groups is 2. The van der Waals surface area contributed by atoms with Crippen molar-refractivity contribution in [3.05, 3.63) is 64.7 Å². The van der Waals surface area contributed by atoms with Crippen molar-refractivity contribution in [2.75, 3.05) is 33.4 Å². The molecule has 0 bridgehead atoms. The molecule has 0 spiro atoms. The number of benzene rings is 2. The molecular formula is C23H25F3N2O4. The first-order valence-corrected chi connectivity index (χ1v) is 10.2. The Morgan fingerprint density at radius 1 is 1.03 bits per heavy atom. The fourth-order valence-corrected chi connectivity index (χ4v) is 3.68. The third kappa shape index (κ3) is 6.00. The molecule has 1 N–H and O–H groups in total.